The molecule has 0 saturated carbocycles. The maximum absolute atomic E-state index is 12.1. The van der Waals surface area contributed by atoms with E-state index in [0.29, 0.717) is 12.2 Å². The summed E-state index contributed by atoms with van der Waals surface area (Å²) in [5, 5.41) is 18.8. The summed E-state index contributed by atoms with van der Waals surface area (Å²) in [5.74, 6) is -0.832. The van der Waals surface area contributed by atoms with Gasteiger partial charge in [0.25, 0.3) is 11.6 Å². The summed E-state index contributed by atoms with van der Waals surface area (Å²) in [6, 6.07) is 3.37. The third-order valence-corrected chi connectivity index (χ3v) is 3.02. The van der Waals surface area contributed by atoms with Crippen molar-refractivity contribution < 1.29 is 14.5 Å². The molecule has 0 unspecified atom stereocenters. The lowest BCUT2D eigenvalue weighted by Crippen LogP contribution is -2.45. The molecule has 8 nitrogen and oxygen atoms in total. The van der Waals surface area contributed by atoms with E-state index in [9.17, 15) is 19.7 Å². The van der Waals surface area contributed by atoms with Gasteiger partial charge in [0.05, 0.1) is 4.92 Å². The van der Waals surface area contributed by atoms with Crippen LogP contribution in [0, 0.1) is 10.1 Å². The van der Waals surface area contributed by atoms with Crippen LogP contribution < -0.4 is 16.0 Å². The van der Waals surface area contributed by atoms with Gasteiger partial charge in [-0.2, -0.15) is 0 Å². The van der Waals surface area contributed by atoms with Crippen molar-refractivity contribution in [2.45, 2.75) is 26.3 Å². The average molecular weight is 308 g/mol. The normalized spacial score (nSPS) is 11.4. The van der Waals surface area contributed by atoms with Gasteiger partial charge in [-0.1, -0.05) is 6.92 Å². The number of amides is 2. The predicted octanol–water partition coefficient (Wildman–Crippen LogP) is 1.28. The number of nitro benzene ring substituents is 1. The zero-order chi connectivity index (χ0) is 16.7. The molecule has 1 rings (SSSR count). The minimum absolute atomic E-state index is 0.126. The van der Waals surface area contributed by atoms with Gasteiger partial charge in [0.15, 0.2) is 0 Å². The third-order valence-electron chi connectivity index (χ3n) is 3.02. The number of nitrogens with one attached hydrogen (secondary N) is 3. The summed E-state index contributed by atoms with van der Waals surface area (Å²) in [7, 11) is 1.56. The van der Waals surface area contributed by atoms with Gasteiger partial charge in [-0.05, 0) is 25.5 Å². The molecule has 0 aliphatic rings. The molecule has 2 amide bonds. The van der Waals surface area contributed by atoms with E-state index < -0.39 is 16.9 Å². The van der Waals surface area contributed by atoms with Crippen LogP contribution >= 0.6 is 0 Å². The molecule has 1 aromatic carbocycles. The number of hydrogen-bond acceptors (Lipinski definition) is 5. The number of nitrogens with zero attached hydrogens (tertiary/aromatic N) is 1. The Morgan fingerprint density at radius 2 is 2.05 bits per heavy atom. The second-order valence-corrected chi connectivity index (χ2v) is 4.73. The molecule has 1 atom stereocenters. The van der Waals surface area contributed by atoms with Crippen molar-refractivity contribution in [2.75, 3.05) is 18.9 Å². The van der Waals surface area contributed by atoms with Crippen LogP contribution in [0.25, 0.3) is 0 Å². The Bertz CT molecular complexity index is 574. The number of benzene rings is 1. The molecule has 1 aromatic rings. The molecule has 120 valence electrons. The average Bonchev–Trinajstić information content (AvgIpc) is 2.51. The smallest absolute Gasteiger partial charge is 0.293 e. The SMILES string of the molecule is CCCNC(=O)[C@H](C)NC(=O)c1ccc(NC)c([N+](=O)[O-])c1. The molecular weight excluding hydrogens is 288 g/mol. The molecule has 0 aliphatic carbocycles. The molecular formula is C14H20N4O4. The Morgan fingerprint density at radius 3 is 2.59 bits per heavy atom. The monoisotopic (exact) mass is 308 g/mol. The van der Waals surface area contributed by atoms with Crippen molar-refractivity contribution in [2.24, 2.45) is 0 Å². The highest BCUT2D eigenvalue weighted by Gasteiger charge is 2.20. The van der Waals surface area contributed by atoms with Gasteiger partial charge in [0.1, 0.15) is 11.7 Å². The first-order valence-electron chi connectivity index (χ1n) is 6.95. The van der Waals surface area contributed by atoms with Crippen molar-refractivity contribution in [1.82, 2.24) is 10.6 Å². The Morgan fingerprint density at radius 1 is 1.36 bits per heavy atom. The minimum atomic E-state index is -0.720. The van der Waals surface area contributed by atoms with Crippen LogP contribution in [0.1, 0.15) is 30.6 Å². The van der Waals surface area contributed by atoms with E-state index in [1.165, 1.54) is 18.2 Å². The molecule has 0 aliphatic heterocycles. The number of rotatable bonds is 7. The lowest BCUT2D eigenvalue weighted by atomic mass is 10.1. The van der Waals surface area contributed by atoms with Crippen LogP contribution in [-0.4, -0.2) is 36.4 Å². The molecule has 8 heteroatoms. The topological polar surface area (TPSA) is 113 Å². The van der Waals surface area contributed by atoms with E-state index >= 15 is 0 Å². The van der Waals surface area contributed by atoms with Crippen LogP contribution in [0.4, 0.5) is 11.4 Å². The van der Waals surface area contributed by atoms with Crippen LogP contribution in [0.2, 0.25) is 0 Å². The van der Waals surface area contributed by atoms with Crippen molar-refractivity contribution >= 4 is 23.2 Å². The number of hydrogen-bond donors (Lipinski definition) is 3. The fourth-order valence-electron chi connectivity index (χ4n) is 1.78. The predicted molar refractivity (Wildman–Crippen MR) is 82.9 cm³/mol. The van der Waals surface area contributed by atoms with Crippen LogP contribution in [0.5, 0.6) is 0 Å². The van der Waals surface area contributed by atoms with Gasteiger partial charge in [-0.15, -0.1) is 0 Å². The Balaban J connectivity index is 2.83. The van der Waals surface area contributed by atoms with Crippen molar-refractivity contribution in [1.29, 1.82) is 0 Å². The number of carbonyl (C=O) groups is 2. The van der Waals surface area contributed by atoms with E-state index in [4.69, 9.17) is 0 Å². The highest BCUT2D eigenvalue weighted by atomic mass is 16.6. The zero-order valence-electron chi connectivity index (χ0n) is 12.8. The van der Waals surface area contributed by atoms with Crippen molar-refractivity contribution in [3.05, 3.63) is 33.9 Å². The second kappa shape index (κ2) is 7.96. The van der Waals surface area contributed by atoms with Gasteiger partial charge in [0, 0.05) is 25.2 Å². The quantitative estimate of drug-likeness (QED) is 0.518. The fraction of sp³-hybridized carbons (Fsp3) is 0.429. The molecule has 22 heavy (non-hydrogen) atoms. The van der Waals surface area contributed by atoms with Crippen LogP contribution in [0.15, 0.2) is 18.2 Å². The highest BCUT2D eigenvalue weighted by Crippen LogP contribution is 2.24. The van der Waals surface area contributed by atoms with Crippen LogP contribution in [0.3, 0.4) is 0 Å². The molecule has 0 bridgehead atoms. The molecule has 0 aromatic heterocycles. The van der Waals surface area contributed by atoms with Crippen molar-refractivity contribution in [3.63, 3.8) is 0 Å². The lowest BCUT2D eigenvalue weighted by molar-refractivity contribution is -0.384. The summed E-state index contributed by atoms with van der Waals surface area (Å²) < 4.78 is 0. The largest absolute Gasteiger partial charge is 0.383 e. The zero-order valence-corrected chi connectivity index (χ0v) is 12.8. The molecule has 3 N–H and O–H groups in total. The van der Waals surface area contributed by atoms with E-state index in [-0.39, 0.29) is 17.2 Å². The standard InChI is InChI=1S/C14H20N4O4/c1-4-7-16-13(19)9(2)17-14(20)10-5-6-11(15-3)12(8-10)18(21)22/h5-6,8-9,15H,4,7H2,1-3H3,(H,16,19)(H,17,20)/t9-/m0/s1. The van der Waals surface area contributed by atoms with Gasteiger partial charge in [-0.25, -0.2) is 0 Å². The summed E-state index contributed by atoms with van der Waals surface area (Å²) in [4.78, 5) is 34.2. The van der Waals surface area contributed by atoms with Crippen molar-refractivity contribution in [3.8, 4) is 0 Å². The van der Waals surface area contributed by atoms with E-state index in [1.54, 1.807) is 14.0 Å². The lowest BCUT2D eigenvalue weighted by Gasteiger charge is -2.14. The van der Waals surface area contributed by atoms with Crippen LogP contribution in [-0.2, 0) is 4.79 Å². The van der Waals surface area contributed by atoms with E-state index in [2.05, 4.69) is 16.0 Å². The second-order valence-electron chi connectivity index (χ2n) is 4.73. The number of anilines is 1. The maximum Gasteiger partial charge on any atom is 0.293 e. The summed E-state index contributed by atoms with van der Waals surface area (Å²) >= 11 is 0. The van der Waals surface area contributed by atoms with Gasteiger partial charge >= 0.3 is 0 Å². The Hall–Kier alpha value is -2.64. The van der Waals surface area contributed by atoms with E-state index in [1.807, 2.05) is 6.92 Å². The summed E-state index contributed by atoms with van der Waals surface area (Å²) in [5.41, 5.74) is 0.245. The van der Waals surface area contributed by atoms with Gasteiger partial charge < -0.3 is 16.0 Å². The summed E-state index contributed by atoms with van der Waals surface area (Å²) in [6.07, 6.45) is 0.796. The highest BCUT2D eigenvalue weighted by molar-refractivity contribution is 5.98. The fourth-order valence-corrected chi connectivity index (χ4v) is 1.78. The minimum Gasteiger partial charge on any atom is -0.383 e. The first-order valence-corrected chi connectivity index (χ1v) is 6.95. The molecule has 0 saturated heterocycles. The van der Waals surface area contributed by atoms with E-state index in [0.717, 1.165) is 6.42 Å². The third kappa shape index (κ3) is 4.44. The number of carbonyl (C=O) groups excluding carboxylic acids is 2. The number of nitro groups is 1. The molecule has 0 radical (unpaired) electrons. The first-order chi connectivity index (χ1) is 10.4. The summed E-state index contributed by atoms with van der Waals surface area (Å²) in [6.45, 7) is 4.01. The molecule has 0 fully saturated rings. The first kappa shape index (κ1) is 17.4. The Kier molecular flexibility index (Phi) is 6.30. The van der Waals surface area contributed by atoms with Gasteiger partial charge in [-0.3, -0.25) is 19.7 Å². The Labute approximate surface area is 128 Å². The maximum atomic E-state index is 12.1. The molecule has 0 heterocycles. The van der Waals surface area contributed by atoms with Gasteiger partial charge in [0.2, 0.25) is 5.91 Å². The molecule has 0 spiro atoms.